The number of nitrogens with one attached hydrogen (secondary N) is 1. The third-order valence-electron chi connectivity index (χ3n) is 5.26. The summed E-state index contributed by atoms with van der Waals surface area (Å²) in [6.07, 6.45) is 2.97. The third-order valence-corrected chi connectivity index (χ3v) is 5.26. The Morgan fingerprint density at radius 3 is 2.60 bits per heavy atom. The minimum atomic E-state index is -0.964. The molecule has 2 N–H and O–H groups in total. The first-order valence-electron chi connectivity index (χ1n) is 8.74. The number of carboxylic acid groups (broad SMARTS) is 1. The van der Waals surface area contributed by atoms with Gasteiger partial charge in [-0.05, 0) is 49.3 Å². The number of hydrogen-bond acceptors (Lipinski definition) is 3. The molecule has 2 aliphatic rings. The molecule has 1 saturated carbocycles. The maximum atomic E-state index is 12.8. The van der Waals surface area contributed by atoms with Crippen molar-refractivity contribution in [2.24, 2.45) is 11.3 Å². The molecule has 0 aromatic heterocycles. The van der Waals surface area contributed by atoms with Crippen molar-refractivity contribution >= 4 is 23.5 Å². The number of carboxylic acids is 1. The third kappa shape index (κ3) is 3.67. The normalized spacial score (nSPS) is 24.5. The molecule has 2 fully saturated rings. The van der Waals surface area contributed by atoms with Gasteiger partial charge < -0.3 is 15.3 Å². The molecule has 2 amide bonds. The van der Waals surface area contributed by atoms with E-state index in [1.165, 1.54) is 4.90 Å². The van der Waals surface area contributed by atoms with E-state index in [1.54, 1.807) is 24.3 Å². The van der Waals surface area contributed by atoms with Gasteiger partial charge in [0.15, 0.2) is 0 Å². The molecule has 3 rings (SSSR count). The molecule has 1 aliphatic heterocycles. The number of aliphatic carboxylic acids is 1. The van der Waals surface area contributed by atoms with Crippen molar-refractivity contribution in [2.45, 2.75) is 45.6 Å². The highest BCUT2D eigenvalue weighted by atomic mass is 16.4. The second-order valence-corrected chi connectivity index (χ2v) is 7.66. The van der Waals surface area contributed by atoms with E-state index in [2.05, 4.69) is 19.2 Å². The number of likely N-dealkylation sites (tertiary alicyclic amines) is 1. The standard InChI is InChI=1S/C19H24N2O4/c1-19(2)11-14(19)16(22)20-13-7-5-6-12(10-13)17(23)21-9-4-3-8-15(21)18(24)25/h5-7,10,14-15H,3-4,8-9,11H2,1-2H3,(H,20,22)(H,24,25). The number of hydrogen-bond donors (Lipinski definition) is 2. The van der Waals surface area contributed by atoms with E-state index in [0.717, 1.165) is 19.3 Å². The zero-order chi connectivity index (χ0) is 18.2. The predicted molar refractivity (Wildman–Crippen MR) is 93.3 cm³/mol. The van der Waals surface area contributed by atoms with Gasteiger partial charge in [0.05, 0.1) is 0 Å². The Kier molecular flexibility index (Phi) is 4.54. The van der Waals surface area contributed by atoms with E-state index in [4.69, 9.17) is 0 Å². The zero-order valence-corrected chi connectivity index (χ0v) is 14.6. The first kappa shape index (κ1) is 17.5. The lowest BCUT2D eigenvalue weighted by atomic mass is 10.0. The lowest BCUT2D eigenvalue weighted by molar-refractivity contribution is -0.143. The minimum absolute atomic E-state index is 0.00495. The number of carbonyl (C=O) groups excluding carboxylic acids is 2. The fourth-order valence-corrected chi connectivity index (χ4v) is 3.47. The van der Waals surface area contributed by atoms with Crippen LogP contribution in [0, 0.1) is 11.3 Å². The van der Waals surface area contributed by atoms with Gasteiger partial charge in [-0.1, -0.05) is 19.9 Å². The van der Waals surface area contributed by atoms with E-state index >= 15 is 0 Å². The summed E-state index contributed by atoms with van der Waals surface area (Å²) in [5, 5.41) is 12.2. The number of rotatable bonds is 4. The number of carbonyl (C=O) groups is 3. The fraction of sp³-hybridized carbons (Fsp3) is 0.526. The Labute approximate surface area is 147 Å². The van der Waals surface area contributed by atoms with Crippen molar-refractivity contribution in [3.8, 4) is 0 Å². The summed E-state index contributed by atoms with van der Waals surface area (Å²) in [4.78, 5) is 37.8. The van der Waals surface area contributed by atoms with Gasteiger partial charge in [0, 0.05) is 23.7 Å². The molecule has 134 valence electrons. The highest BCUT2D eigenvalue weighted by molar-refractivity contribution is 5.99. The SMILES string of the molecule is CC1(C)CC1C(=O)Nc1cccc(C(=O)N2CCCCC2C(=O)O)c1. The number of benzene rings is 1. The molecule has 6 nitrogen and oxygen atoms in total. The summed E-state index contributed by atoms with van der Waals surface area (Å²) in [6, 6.07) is 5.97. The van der Waals surface area contributed by atoms with Gasteiger partial charge in [0.25, 0.3) is 5.91 Å². The number of piperidine rings is 1. The molecular formula is C19H24N2O4. The average molecular weight is 344 g/mol. The van der Waals surface area contributed by atoms with E-state index in [0.29, 0.717) is 24.2 Å². The number of nitrogens with zero attached hydrogens (tertiary/aromatic N) is 1. The molecular weight excluding hydrogens is 320 g/mol. The van der Waals surface area contributed by atoms with Gasteiger partial charge in [0.1, 0.15) is 6.04 Å². The first-order valence-corrected chi connectivity index (χ1v) is 8.74. The molecule has 1 heterocycles. The van der Waals surface area contributed by atoms with Crippen LogP contribution in [0.2, 0.25) is 0 Å². The Balaban J connectivity index is 1.73. The Bertz CT molecular complexity index is 713. The summed E-state index contributed by atoms with van der Waals surface area (Å²) in [5.74, 6) is -1.29. The van der Waals surface area contributed by atoms with Crippen molar-refractivity contribution in [1.29, 1.82) is 0 Å². The summed E-state index contributed by atoms with van der Waals surface area (Å²) in [7, 11) is 0. The van der Waals surface area contributed by atoms with Crippen LogP contribution >= 0.6 is 0 Å². The molecule has 6 heteroatoms. The Hall–Kier alpha value is -2.37. The van der Waals surface area contributed by atoms with E-state index in [9.17, 15) is 19.5 Å². The fourth-order valence-electron chi connectivity index (χ4n) is 3.47. The van der Waals surface area contributed by atoms with Crippen LogP contribution < -0.4 is 5.32 Å². The minimum Gasteiger partial charge on any atom is -0.480 e. The predicted octanol–water partition coefficient (Wildman–Crippen LogP) is 2.75. The molecule has 1 aromatic rings. The zero-order valence-electron chi connectivity index (χ0n) is 14.6. The van der Waals surface area contributed by atoms with Crippen molar-refractivity contribution < 1.29 is 19.5 Å². The highest BCUT2D eigenvalue weighted by Gasteiger charge is 2.50. The van der Waals surface area contributed by atoms with Gasteiger partial charge in [0.2, 0.25) is 5.91 Å². The molecule has 2 atom stereocenters. The van der Waals surface area contributed by atoms with Crippen LogP contribution in [0.25, 0.3) is 0 Å². The molecule has 1 saturated heterocycles. The van der Waals surface area contributed by atoms with Crippen LogP contribution in [0.5, 0.6) is 0 Å². The van der Waals surface area contributed by atoms with Gasteiger partial charge >= 0.3 is 5.97 Å². The van der Waals surface area contributed by atoms with E-state index in [-0.39, 0.29) is 23.1 Å². The van der Waals surface area contributed by atoms with Crippen LogP contribution in [-0.2, 0) is 9.59 Å². The summed E-state index contributed by atoms with van der Waals surface area (Å²) < 4.78 is 0. The number of anilines is 1. The Morgan fingerprint density at radius 2 is 1.96 bits per heavy atom. The van der Waals surface area contributed by atoms with Crippen molar-refractivity contribution in [2.75, 3.05) is 11.9 Å². The number of amides is 2. The highest BCUT2D eigenvalue weighted by Crippen LogP contribution is 2.52. The summed E-state index contributed by atoms with van der Waals surface area (Å²) in [6.45, 7) is 4.56. The Morgan fingerprint density at radius 1 is 1.24 bits per heavy atom. The van der Waals surface area contributed by atoms with Crippen molar-refractivity contribution in [3.05, 3.63) is 29.8 Å². The summed E-state index contributed by atoms with van der Waals surface area (Å²) in [5.41, 5.74) is 1.02. The second-order valence-electron chi connectivity index (χ2n) is 7.66. The monoisotopic (exact) mass is 344 g/mol. The van der Waals surface area contributed by atoms with Crippen molar-refractivity contribution in [1.82, 2.24) is 4.90 Å². The maximum Gasteiger partial charge on any atom is 0.326 e. The maximum absolute atomic E-state index is 12.8. The van der Waals surface area contributed by atoms with Crippen LogP contribution in [0.15, 0.2) is 24.3 Å². The van der Waals surface area contributed by atoms with Crippen LogP contribution in [-0.4, -0.2) is 40.4 Å². The molecule has 0 radical (unpaired) electrons. The lowest BCUT2D eigenvalue weighted by Crippen LogP contribution is -2.48. The smallest absolute Gasteiger partial charge is 0.326 e. The molecule has 2 unspecified atom stereocenters. The van der Waals surface area contributed by atoms with Gasteiger partial charge in [-0.2, -0.15) is 0 Å². The largest absolute Gasteiger partial charge is 0.480 e. The summed E-state index contributed by atoms with van der Waals surface area (Å²) >= 11 is 0. The molecule has 0 spiro atoms. The second kappa shape index (κ2) is 6.50. The van der Waals surface area contributed by atoms with Crippen molar-refractivity contribution in [3.63, 3.8) is 0 Å². The lowest BCUT2D eigenvalue weighted by Gasteiger charge is -2.33. The van der Waals surface area contributed by atoms with E-state index in [1.807, 2.05) is 0 Å². The van der Waals surface area contributed by atoms with Crippen LogP contribution in [0.3, 0.4) is 0 Å². The van der Waals surface area contributed by atoms with Gasteiger partial charge in [-0.25, -0.2) is 4.79 Å². The molecule has 1 aromatic carbocycles. The molecule has 1 aliphatic carbocycles. The van der Waals surface area contributed by atoms with Gasteiger partial charge in [-0.3, -0.25) is 9.59 Å². The molecule has 25 heavy (non-hydrogen) atoms. The van der Waals surface area contributed by atoms with E-state index < -0.39 is 12.0 Å². The topological polar surface area (TPSA) is 86.7 Å². The van der Waals surface area contributed by atoms with Crippen LogP contribution in [0.4, 0.5) is 5.69 Å². The van der Waals surface area contributed by atoms with Gasteiger partial charge in [-0.15, -0.1) is 0 Å². The van der Waals surface area contributed by atoms with Crippen LogP contribution in [0.1, 0.15) is 49.9 Å². The molecule has 0 bridgehead atoms. The average Bonchev–Trinajstić information content (AvgIpc) is 3.23. The first-order chi connectivity index (χ1) is 11.8. The quantitative estimate of drug-likeness (QED) is 0.879.